The van der Waals surface area contributed by atoms with Crippen molar-refractivity contribution in [2.75, 3.05) is 37.2 Å². The van der Waals surface area contributed by atoms with E-state index in [4.69, 9.17) is 14.2 Å². The van der Waals surface area contributed by atoms with Crippen LogP contribution >= 0.6 is 0 Å². The lowest BCUT2D eigenvalue weighted by atomic mass is 9.88. The number of nitrogens with one attached hydrogen (secondary N) is 1. The van der Waals surface area contributed by atoms with E-state index in [0.29, 0.717) is 18.0 Å². The van der Waals surface area contributed by atoms with Crippen molar-refractivity contribution in [2.24, 2.45) is 0 Å². The van der Waals surface area contributed by atoms with Gasteiger partial charge in [-0.15, -0.1) is 0 Å². The van der Waals surface area contributed by atoms with Crippen LogP contribution in [0.2, 0.25) is 0 Å². The summed E-state index contributed by atoms with van der Waals surface area (Å²) in [6.07, 6.45) is -9.31. The van der Waals surface area contributed by atoms with Crippen molar-refractivity contribution in [1.29, 1.82) is 0 Å². The molecule has 1 N–H and O–H groups in total. The van der Waals surface area contributed by atoms with Gasteiger partial charge in [0.25, 0.3) is 5.91 Å². The van der Waals surface area contributed by atoms with E-state index in [1.165, 1.54) is 41.6 Å². The third-order valence-corrected chi connectivity index (χ3v) is 7.79. The number of halogens is 6. The largest absolute Gasteiger partial charge is 0.496 e. The number of benzene rings is 2. The molecule has 1 aromatic heterocycles. The number of H-pyrrole nitrogens is 1. The minimum Gasteiger partial charge on any atom is -0.496 e. The Morgan fingerprint density at radius 1 is 1.00 bits per heavy atom. The highest BCUT2D eigenvalue weighted by Crippen LogP contribution is 2.45. The fourth-order valence-corrected chi connectivity index (χ4v) is 5.65. The van der Waals surface area contributed by atoms with Gasteiger partial charge in [0.1, 0.15) is 11.6 Å². The maximum atomic E-state index is 13.9. The van der Waals surface area contributed by atoms with Crippen molar-refractivity contribution in [3.63, 3.8) is 0 Å². The van der Waals surface area contributed by atoms with Crippen LogP contribution in [0.1, 0.15) is 65.8 Å². The zero-order chi connectivity index (χ0) is 35.6. The van der Waals surface area contributed by atoms with Crippen LogP contribution in [0.3, 0.4) is 0 Å². The molecule has 3 aromatic rings. The number of rotatable bonds is 8. The molecule has 4 rings (SSSR count). The number of methoxy groups -OCH3 is 2. The van der Waals surface area contributed by atoms with Gasteiger partial charge in [0.15, 0.2) is 0 Å². The van der Waals surface area contributed by atoms with Gasteiger partial charge in [-0.2, -0.15) is 26.3 Å². The van der Waals surface area contributed by atoms with Crippen molar-refractivity contribution < 1.29 is 54.9 Å². The number of anilines is 2. The Labute approximate surface area is 271 Å². The first-order valence-corrected chi connectivity index (χ1v) is 14.7. The Morgan fingerprint density at radius 2 is 1.65 bits per heavy atom. The number of nitrogens with zero attached hydrogens (tertiary/aromatic N) is 4. The number of aromatic amines is 1. The van der Waals surface area contributed by atoms with Gasteiger partial charge in [-0.3, -0.25) is 19.5 Å². The molecule has 260 valence electrons. The molecule has 17 heteroatoms. The number of aromatic nitrogens is 2. The summed E-state index contributed by atoms with van der Waals surface area (Å²) >= 11 is 0. The molecule has 11 nitrogen and oxygen atoms in total. The topological polar surface area (TPSA) is 117 Å². The van der Waals surface area contributed by atoms with E-state index >= 15 is 0 Å². The average molecular weight is 686 g/mol. The van der Waals surface area contributed by atoms with Crippen molar-refractivity contribution in [3.05, 3.63) is 70.7 Å². The molecule has 2 unspecified atom stereocenters. The summed E-state index contributed by atoms with van der Waals surface area (Å²) in [4.78, 5) is 50.8. The molecule has 0 aliphatic carbocycles. The lowest BCUT2D eigenvalue weighted by molar-refractivity contribution is -0.143. The van der Waals surface area contributed by atoms with Crippen LogP contribution in [-0.4, -0.2) is 66.4 Å². The number of ether oxygens (including phenoxy) is 3. The molecule has 0 radical (unpaired) electrons. The molecule has 3 amide bonds. The highest BCUT2D eigenvalue weighted by atomic mass is 19.4. The highest BCUT2D eigenvalue weighted by Gasteiger charge is 2.42. The molecule has 1 aliphatic heterocycles. The zero-order valence-electron chi connectivity index (χ0n) is 26.5. The minimum absolute atomic E-state index is 0.00242. The molecular formula is C31H33F6N5O6. The van der Waals surface area contributed by atoms with Gasteiger partial charge in [-0.1, -0.05) is 0 Å². The highest BCUT2D eigenvalue weighted by molar-refractivity contribution is 6.08. The minimum atomic E-state index is -5.11. The third kappa shape index (κ3) is 7.28. The number of amides is 3. The van der Waals surface area contributed by atoms with Crippen LogP contribution in [0.25, 0.3) is 0 Å². The second-order valence-corrected chi connectivity index (χ2v) is 10.8. The van der Waals surface area contributed by atoms with Gasteiger partial charge in [0, 0.05) is 24.7 Å². The molecule has 2 heterocycles. The van der Waals surface area contributed by atoms with E-state index in [2.05, 4.69) is 9.97 Å². The lowest BCUT2D eigenvalue weighted by Crippen LogP contribution is -2.48. The monoisotopic (exact) mass is 685 g/mol. The van der Waals surface area contributed by atoms with E-state index in [1.54, 1.807) is 20.8 Å². The first kappa shape index (κ1) is 35.9. The second kappa shape index (κ2) is 14.0. The number of fused-ring (bicyclic) bond motifs is 1. The number of carbonyl (C=O) groups excluding carboxylic acids is 3. The van der Waals surface area contributed by atoms with Gasteiger partial charge >= 0.3 is 24.5 Å². The Hall–Kier alpha value is -4.96. The van der Waals surface area contributed by atoms with E-state index in [1.807, 2.05) is 0 Å². The quantitative estimate of drug-likeness (QED) is 0.250. The summed E-state index contributed by atoms with van der Waals surface area (Å²) in [7, 11) is 2.30. The van der Waals surface area contributed by atoms with Gasteiger partial charge in [-0.25, -0.2) is 14.6 Å². The van der Waals surface area contributed by atoms with Gasteiger partial charge in [0.05, 0.1) is 61.8 Å². The summed E-state index contributed by atoms with van der Waals surface area (Å²) in [5.41, 5.74) is -3.26. The van der Waals surface area contributed by atoms with Crippen LogP contribution < -0.4 is 14.5 Å². The summed E-state index contributed by atoms with van der Waals surface area (Å²) in [6.45, 7) is 4.39. The fraction of sp³-hybridized carbons (Fsp3) is 0.419. The third-order valence-electron chi connectivity index (χ3n) is 7.79. The van der Waals surface area contributed by atoms with Crippen LogP contribution in [0.15, 0.2) is 42.9 Å². The molecule has 1 aliphatic rings. The predicted molar refractivity (Wildman–Crippen MR) is 160 cm³/mol. The van der Waals surface area contributed by atoms with Crippen molar-refractivity contribution in [1.82, 2.24) is 14.9 Å². The Morgan fingerprint density at radius 3 is 2.15 bits per heavy atom. The number of alkyl halides is 6. The average Bonchev–Trinajstić information content (AvgIpc) is 3.56. The Bertz CT molecular complexity index is 1610. The number of carbonyl (C=O) groups is 3. The fourth-order valence-electron chi connectivity index (χ4n) is 5.65. The number of hydrogen-bond acceptors (Lipinski definition) is 7. The zero-order valence-corrected chi connectivity index (χ0v) is 26.5. The molecule has 0 fully saturated rings. The van der Waals surface area contributed by atoms with Crippen LogP contribution in [-0.2, 0) is 28.4 Å². The van der Waals surface area contributed by atoms with Crippen LogP contribution in [0.4, 0.5) is 47.4 Å². The SMILES string of the molecule is CCOC(=O)N1c2cc(C(=O)N(CC)c3cnc[nH]3)c(OC)cc2C(N(Cc2cc(C(F)(F)F)cc(C(F)(F)F)c2)C(=O)OC)CC1C. The number of hydrogen-bond donors (Lipinski definition) is 1. The van der Waals surface area contributed by atoms with E-state index < -0.39 is 65.8 Å². The molecule has 0 bridgehead atoms. The Balaban J connectivity index is 1.91. The molecule has 0 saturated heterocycles. The summed E-state index contributed by atoms with van der Waals surface area (Å²) in [5.74, 6) is -0.163. The molecular weight excluding hydrogens is 652 g/mol. The van der Waals surface area contributed by atoms with E-state index in [9.17, 15) is 40.7 Å². The number of imidazole rings is 1. The smallest absolute Gasteiger partial charge is 0.416 e. The molecule has 2 aromatic carbocycles. The van der Waals surface area contributed by atoms with Crippen LogP contribution in [0, 0.1) is 0 Å². The summed E-state index contributed by atoms with van der Waals surface area (Å²) in [5, 5.41) is 0. The first-order chi connectivity index (χ1) is 22.5. The lowest BCUT2D eigenvalue weighted by Gasteiger charge is -2.43. The second-order valence-electron chi connectivity index (χ2n) is 10.8. The van der Waals surface area contributed by atoms with Crippen LogP contribution in [0.5, 0.6) is 5.75 Å². The molecule has 2 atom stereocenters. The van der Waals surface area contributed by atoms with E-state index in [-0.39, 0.29) is 48.2 Å². The molecule has 48 heavy (non-hydrogen) atoms. The van der Waals surface area contributed by atoms with Gasteiger partial charge in [-0.05, 0) is 63.1 Å². The first-order valence-electron chi connectivity index (χ1n) is 14.7. The van der Waals surface area contributed by atoms with Gasteiger partial charge < -0.3 is 19.2 Å². The summed E-state index contributed by atoms with van der Waals surface area (Å²) < 4.78 is 97.8. The summed E-state index contributed by atoms with van der Waals surface area (Å²) in [6, 6.07) is 2.00. The van der Waals surface area contributed by atoms with E-state index in [0.717, 1.165) is 12.0 Å². The maximum Gasteiger partial charge on any atom is 0.416 e. The van der Waals surface area contributed by atoms with Crippen molar-refractivity contribution in [2.45, 2.75) is 58.2 Å². The van der Waals surface area contributed by atoms with Crippen molar-refractivity contribution in [3.8, 4) is 5.75 Å². The molecule has 0 saturated carbocycles. The Kier molecular flexibility index (Phi) is 10.5. The predicted octanol–water partition coefficient (Wildman–Crippen LogP) is 7.19. The van der Waals surface area contributed by atoms with Crippen molar-refractivity contribution >= 4 is 29.6 Å². The molecule has 0 spiro atoms. The van der Waals surface area contributed by atoms with Gasteiger partial charge in [0.2, 0.25) is 0 Å². The standard InChI is InChI=1S/C31H33F6N5O6/c1-6-40(26-14-38-16-39-26)27(43)22-12-24-21(13-25(22)46-4)23(8-17(3)42(24)29(45)48-7-2)41(28(44)47-5)15-18-9-19(30(32,33)34)11-20(10-18)31(35,36)37/h9-14,16-17,23H,6-8,15H2,1-5H3,(H,38,39). The normalized spacial score (nSPS) is 16.2. The maximum absolute atomic E-state index is 13.9.